The zero-order chi connectivity index (χ0) is 41.9. The molecular formula is C56H45N5. The maximum atomic E-state index is 11.2. The van der Waals surface area contributed by atoms with Gasteiger partial charge < -0.3 is 14.0 Å². The predicted molar refractivity (Wildman–Crippen MR) is 253 cm³/mol. The molecule has 0 N–H and O–H groups in total. The highest BCUT2D eigenvalue weighted by molar-refractivity contribution is 6.22. The Morgan fingerprint density at radius 2 is 1.05 bits per heavy atom. The summed E-state index contributed by atoms with van der Waals surface area (Å²) < 4.78 is 4.39. The molecule has 11 rings (SSSR count). The highest BCUT2D eigenvalue weighted by atomic mass is 15.2. The average Bonchev–Trinajstić information content (AvgIpc) is 3.90. The first-order valence-corrected chi connectivity index (χ1v) is 21.2. The van der Waals surface area contributed by atoms with Crippen molar-refractivity contribution in [3.05, 3.63) is 180 Å². The molecule has 0 saturated carbocycles. The fourth-order valence-corrected chi connectivity index (χ4v) is 10.2. The van der Waals surface area contributed by atoms with E-state index >= 15 is 0 Å². The first-order valence-electron chi connectivity index (χ1n) is 21.2. The minimum atomic E-state index is -0.0439. The Morgan fingerprint density at radius 3 is 1.70 bits per heavy atom. The standard InChI is InChI=1S/C56H45N5/c1-55(2,3)35-20-24-48-41(29-35)42-30-36(56(4,5)6)21-25-49(42)60(48)51-27-28-52(45(33-58)44(51)32-57)61-50-26-22-37(31-43(50)54-38-14-8-7-13-34(38)19-23-53(54)61)59-46-17-11-9-15-39(46)40-16-10-12-18-47(40)59/h7-31,39,46H,1-6H3. The number of fused-ring (bicyclic) bond motifs is 11. The van der Waals surface area contributed by atoms with E-state index in [1.54, 1.807) is 0 Å². The molecule has 1 aliphatic heterocycles. The highest BCUT2D eigenvalue weighted by Crippen LogP contribution is 2.49. The van der Waals surface area contributed by atoms with Gasteiger partial charge in [-0.05, 0) is 105 Å². The molecule has 294 valence electrons. The third-order valence-corrected chi connectivity index (χ3v) is 13.2. The van der Waals surface area contributed by atoms with Crippen LogP contribution >= 0.6 is 0 Å². The van der Waals surface area contributed by atoms with Gasteiger partial charge in [0.25, 0.3) is 0 Å². The van der Waals surface area contributed by atoms with Crippen LogP contribution in [0.1, 0.15) is 75.3 Å². The average molecular weight is 788 g/mol. The van der Waals surface area contributed by atoms with E-state index in [1.165, 1.54) is 22.4 Å². The van der Waals surface area contributed by atoms with Gasteiger partial charge in [0.15, 0.2) is 0 Å². The fourth-order valence-electron chi connectivity index (χ4n) is 10.2. The molecule has 0 bridgehead atoms. The maximum Gasteiger partial charge on any atom is 0.103 e. The number of anilines is 2. The number of benzene rings is 7. The Hall–Kier alpha value is -7.34. The minimum absolute atomic E-state index is 0.0439. The van der Waals surface area contributed by atoms with E-state index in [1.807, 2.05) is 12.1 Å². The Balaban J connectivity index is 1.17. The van der Waals surface area contributed by atoms with Crippen molar-refractivity contribution in [3.63, 3.8) is 0 Å². The van der Waals surface area contributed by atoms with Crippen LogP contribution in [0.5, 0.6) is 0 Å². The molecule has 0 amide bonds. The van der Waals surface area contributed by atoms with Crippen LogP contribution in [0.4, 0.5) is 11.4 Å². The second-order valence-electron chi connectivity index (χ2n) is 18.8. The van der Waals surface area contributed by atoms with Gasteiger partial charge >= 0.3 is 0 Å². The first-order chi connectivity index (χ1) is 29.5. The summed E-state index contributed by atoms with van der Waals surface area (Å²) in [7, 11) is 0. The van der Waals surface area contributed by atoms with Crippen LogP contribution in [0.2, 0.25) is 0 Å². The molecule has 2 aliphatic rings. The van der Waals surface area contributed by atoms with Gasteiger partial charge in [0.1, 0.15) is 12.1 Å². The van der Waals surface area contributed by atoms with Crippen molar-refractivity contribution in [2.24, 2.45) is 0 Å². The number of para-hydroxylation sites is 1. The highest BCUT2D eigenvalue weighted by Gasteiger charge is 2.37. The van der Waals surface area contributed by atoms with E-state index in [-0.39, 0.29) is 22.8 Å². The molecule has 2 aromatic heterocycles. The number of rotatable bonds is 3. The van der Waals surface area contributed by atoms with Gasteiger partial charge in [0.2, 0.25) is 0 Å². The molecule has 9 aromatic rings. The molecule has 0 spiro atoms. The fraction of sp³-hybridized carbons (Fsp3) is 0.179. The molecular weight excluding hydrogens is 743 g/mol. The maximum absolute atomic E-state index is 11.2. The smallest absolute Gasteiger partial charge is 0.103 e. The Kier molecular flexibility index (Phi) is 7.87. The number of aromatic nitrogens is 2. The van der Waals surface area contributed by atoms with Gasteiger partial charge in [-0.15, -0.1) is 0 Å². The summed E-state index contributed by atoms with van der Waals surface area (Å²) in [5, 5.41) is 29.1. The summed E-state index contributed by atoms with van der Waals surface area (Å²) in [4.78, 5) is 2.47. The molecule has 2 unspecified atom stereocenters. The van der Waals surface area contributed by atoms with Crippen LogP contribution in [0.25, 0.3) is 65.8 Å². The van der Waals surface area contributed by atoms with Crippen LogP contribution in [0, 0.1) is 22.7 Å². The van der Waals surface area contributed by atoms with Gasteiger partial charge in [-0.25, -0.2) is 0 Å². The summed E-state index contributed by atoms with van der Waals surface area (Å²) in [6, 6.07) is 51.1. The van der Waals surface area contributed by atoms with Gasteiger partial charge in [-0.2, -0.15) is 10.5 Å². The first kappa shape index (κ1) is 36.7. The van der Waals surface area contributed by atoms with E-state index in [2.05, 4.69) is 207 Å². The largest absolute Gasteiger partial charge is 0.333 e. The lowest BCUT2D eigenvalue weighted by Gasteiger charge is -2.28. The number of nitrogens with zero attached hydrogens (tertiary/aromatic N) is 5. The summed E-state index contributed by atoms with van der Waals surface area (Å²) in [6.45, 7) is 13.4. The SMILES string of the molecule is CC(C)(C)c1ccc2c(c1)c1cc(C(C)(C)C)ccc1n2-c1ccc(-n2c3ccc(N4c5ccccc5C5C=CC=CC54)cc3c3c4ccccc4ccc32)c(C#N)c1C#N. The summed E-state index contributed by atoms with van der Waals surface area (Å²) in [5.74, 6) is 0.274. The quantitative estimate of drug-likeness (QED) is 0.179. The molecule has 5 heteroatoms. The molecule has 1 aliphatic carbocycles. The van der Waals surface area contributed by atoms with E-state index in [0.29, 0.717) is 22.5 Å². The molecule has 0 radical (unpaired) electrons. The van der Waals surface area contributed by atoms with Crippen molar-refractivity contribution in [2.75, 3.05) is 4.90 Å². The van der Waals surface area contributed by atoms with Crippen LogP contribution < -0.4 is 4.90 Å². The number of hydrogen-bond donors (Lipinski definition) is 0. The van der Waals surface area contributed by atoms with Crippen molar-refractivity contribution in [3.8, 4) is 23.5 Å². The molecule has 7 aromatic carbocycles. The van der Waals surface area contributed by atoms with E-state index in [9.17, 15) is 10.5 Å². The van der Waals surface area contributed by atoms with Crippen LogP contribution in [-0.4, -0.2) is 15.2 Å². The van der Waals surface area contributed by atoms with Crippen molar-refractivity contribution in [2.45, 2.75) is 64.3 Å². The zero-order valence-electron chi connectivity index (χ0n) is 35.3. The van der Waals surface area contributed by atoms with Crippen LogP contribution in [0.15, 0.2) is 152 Å². The summed E-state index contributed by atoms with van der Waals surface area (Å²) in [6.07, 6.45) is 8.93. The van der Waals surface area contributed by atoms with Gasteiger partial charge in [-0.3, -0.25) is 0 Å². The normalized spacial score (nSPS) is 16.2. The van der Waals surface area contributed by atoms with Crippen molar-refractivity contribution in [1.29, 1.82) is 10.5 Å². The third-order valence-electron chi connectivity index (χ3n) is 13.2. The Morgan fingerprint density at radius 1 is 0.492 bits per heavy atom. The van der Waals surface area contributed by atoms with E-state index in [4.69, 9.17) is 0 Å². The lowest BCUT2D eigenvalue weighted by molar-refractivity contribution is 0.590. The predicted octanol–water partition coefficient (Wildman–Crippen LogP) is 14.1. The van der Waals surface area contributed by atoms with Gasteiger partial charge in [0.05, 0.1) is 50.6 Å². The summed E-state index contributed by atoms with van der Waals surface area (Å²) >= 11 is 0. The number of nitriles is 2. The summed E-state index contributed by atoms with van der Waals surface area (Å²) in [5.41, 5.74) is 12.1. The van der Waals surface area contributed by atoms with E-state index < -0.39 is 0 Å². The van der Waals surface area contributed by atoms with Crippen molar-refractivity contribution in [1.82, 2.24) is 9.13 Å². The molecule has 0 saturated heterocycles. The van der Waals surface area contributed by atoms with E-state index in [0.717, 1.165) is 60.1 Å². The molecule has 0 fully saturated rings. The third kappa shape index (κ3) is 5.37. The molecule has 2 atom stereocenters. The van der Waals surface area contributed by atoms with Crippen LogP contribution in [-0.2, 0) is 10.8 Å². The lowest BCUT2D eigenvalue weighted by atomic mass is 9.85. The van der Waals surface area contributed by atoms with Crippen molar-refractivity contribution < 1.29 is 0 Å². The lowest BCUT2D eigenvalue weighted by Crippen LogP contribution is -2.28. The molecule has 61 heavy (non-hydrogen) atoms. The minimum Gasteiger partial charge on any atom is -0.333 e. The number of hydrogen-bond acceptors (Lipinski definition) is 3. The zero-order valence-corrected chi connectivity index (χ0v) is 35.3. The van der Waals surface area contributed by atoms with Gasteiger partial charge in [0, 0.05) is 38.8 Å². The monoisotopic (exact) mass is 787 g/mol. The van der Waals surface area contributed by atoms with Crippen molar-refractivity contribution >= 4 is 65.8 Å². The second-order valence-corrected chi connectivity index (χ2v) is 18.8. The van der Waals surface area contributed by atoms with Crippen LogP contribution in [0.3, 0.4) is 0 Å². The topological polar surface area (TPSA) is 60.7 Å². The Bertz CT molecular complexity index is 3420. The second kappa shape index (κ2) is 13.1. The number of allylic oxidation sites excluding steroid dienone is 2. The Labute approximate surface area is 356 Å². The molecule has 3 heterocycles. The van der Waals surface area contributed by atoms with Gasteiger partial charge in [-0.1, -0.05) is 127 Å². The molecule has 5 nitrogen and oxygen atoms in total.